The van der Waals surface area contributed by atoms with Crippen molar-refractivity contribution in [2.24, 2.45) is 11.5 Å². The number of aromatic hydroxyl groups is 1. The highest BCUT2D eigenvalue weighted by atomic mass is 32.2. The van der Waals surface area contributed by atoms with Gasteiger partial charge < -0.3 is 21.4 Å². The molecule has 6 N–H and O–H groups in total. The number of benzene rings is 1. The summed E-state index contributed by atoms with van der Waals surface area (Å²) in [4.78, 5) is 16.5. The maximum absolute atomic E-state index is 10.6. The van der Waals surface area contributed by atoms with Gasteiger partial charge in [0.05, 0.1) is 0 Å². The molecule has 0 saturated heterocycles. The molecule has 0 aliphatic heterocycles. The van der Waals surface area contributed by atoms with Crippen molar-refractivity contribution >= 4 is 22.9 Å². The van der Waals surface area contributed by atoms with Crippen molar-refractivity contribution in [3.8, 4) is 5.75 Å². The Morgan fingerprint density at radius 2 is 1.67 bits per heavy atom. The molecule has 2 amide bonds. The third-order valence-corrected chi connectivity index (χ3v) is 2.36. The fourth-order valence-corrected chi connectivity index (χ4v) is 1.50. The van der Waals surface area contributed by atoms with Crippen molar-refractivity contribution < 1.29 is 27.7 Å². The van der Waals surface area contributed by atoms with E-state index in [1.165, 1.54) is 6.07 Å². The van der Waals surface area contributed by atoms with Crippen molar-refractivity contribution in [1.29, 1.82) is 0 Å². The Hall–Kier alpha value is -2.13. The summed E-state index contributed by atoms with van der Waals surface area (Å²) < 4.78 is 29.8. The lowest BCUT2D eigenvalue weighted by molar-refractivity contribution is -0.0980. The summed E-state index contributed by atoms with van der Waals surface area (Å²) in [6, 6.07) is 3.29. The fraction of sp³-hybridized carbons (Fsp3) is 0.111. The normalized spacial score (nSPS) is 9.22. The van der Waals surface area contributed by atoms with Gasteiger partial charge in [0.1, 0.15) is 17.4 Å². The minimum atomic E-state index is -4.31. The summed E-state index contributed by atoms with van der Waals surface area (Å²) in [6.45, 7) is 3.55. The lowest BCUT2D eigenvalue weighted by Gasteiger charge is -2.02. The van der Waals surface area contributed by atoms with Crippen LogP contribution in [0.5, 0.6) is 5.75 Å². The predicted molar refractivity (Wildman–Crippen MR) is 63.6 cm³/mol. The van der Waals surface area contributed by atoms with Gasteiger partial charge in [-0.1, -0.05) is 12.1 Å². The first-order chi connectivity index (χ1) is 8.16. The van der Waals surface area contributed by atoms with Gasteiger partial charge in [-0.05, 0) is 18.6 Å². The average Bonchev–Trinajstić information content (AvgIpc) is 2.22. The molecule has 9 heteroatoms. The number of carbonyl (C=O) groups excluding carboxylic acids is 2. The molecular weight excluding hydrogens is 264 g/mol. The molecule has 1 aromatic carbocycles. The Morgan fingerprint density at radius 1 is 1.28 bits per heavy atom. The summed E-state index contributed by atoms with van der Waals surface area (Å²) in [5, 5.41) is 9.19. The molecule has 0 unspecified atom stereocenters. The van der Waals surface area contributed by atoms with Gasteiger partial charge in [0.2, 0.25) is 0 Å². The zero-order valence-corrected chi connectivity index (χ0v) is 10.3. The van der Waals surface area contributed by atoms with Crippen molar-refractivity contribution in [3.63, 3.8) is 0 Å². The number of nitrogens with two attached hydrogens (primary N) is 2. The van der Waals surface area contributed by atoms with E-state index in [1.807, 2.05) is 6.79 Å². The van der Waals surface area contributed by atoms with E-state index in [0.717, 1.165) is 6.07 Å². The number of phenols is 1. The Labute approximate surface area is 104 Å². The summed E-state index contributed by atoms with van der Waals surface area (Å²) >= 11 is 0. The first-order valence-electron chi connectivity index (χ1n) is 4.26. The third-order valence-electron chi connectivity index (χ3n) is 1.48. The van der Waals surface area contributed by atoms with Crippen molar-refractivity contribution in [2.45, 2.75) is 11.8 Å². The predicted octanol–water partition coefficient (Wildman–Crippen LogP) is -0.214. The van der Waals surface area contributed by atoms with Crippen LogP contribution in [0.4, 0.5) is 4.79 Å². The number of urea groups is 1. The summed E-state index contributed by atoms with van der Waals surface area (Å²) in [5.74, 6) is -0.403. The number of primary amides is 2. The molecule has 102 valence electrons. The monoisotopic (exact) mass is 278 g/mol. The van der Waals surface area contributed by atoms with Gasteiger partial charge in [-0.3, -0.25) is 4.55 Å². The number of phenolic OH excluding ortho intramolecular Hbond substituents is 1. The van der Waals surface area contributed by atoms with Crippen LogP contribution < -0.4 is 11.5 Å². The molecule has 8 nitrogen and oxygen atoms in total. The second-order valence-corrected chi connectivity index (χ2v) is 4.19. The van der Waals surface area contributed by atoms with E-state index < -0.39 is 26.8 Å². The van der Waals surface area contributed by atoms with Crippen LogP contribution in [-0.4, -0.2) is 30.9 Å². The first kappa shape index (κ1) is 18.2. The van der Waals surface area contributed by atoms with E-state index in [-0.39, 0.29) is 0 Å². The Kier molecular flexibility index (Phi) is 8.14. The van der Waals surface area contributed by atoms with Crippen molar-refractivity contribution in [3.05, 3.63) is 23.8 Å². The first-order valence-corrected chi connectivity index (χ1v) is 5.70. The molecule has 0 spiro atoms. The van der Waals surface area contributed by atoms with Gasteiger partial charge in [-0.25, -0.2) is 4.79 Å². The minimum Gasteiger partial charge on any atom is -0.506 e. The average molecular weight is 278 g/mol. The highest BCUT2D eigenvalue weighted by Crippen LogP contribution is 2.25. The molecule has 0 aromatic heterocycles. The van der Waals surface area contributed by atoms with E-state index >= 15 is 0 Å². The van der Waals surface area contributed by atoms with Gasteiger partial charge in [0.25, 0.3) is 10.1 Å². The molecule has 0 fully saturated rings. The van der Waals surface area contributed by atoms with Gasteiger partial charge in [-0.15, -0.1) is 0 Å². The van der Waals surface area contributed by atoms with Gasteiger partial charge in [0, 0.05) is 0 Å². The van der Waals surface area contributed by atoms with Crippen LogP contribution in [0.1, 0.15) is 5.56 Å². The van der Waals surface area contributed by atoms with Crippen LogP contribution in [0.15, 0.2) is 23.1 Å². The Bertz CT molecular complexity index is 496. The van der Waals surface area contributed by atoms with Crippen LogP contribution in [0, 0.1) is 6.92 Å². The number of hydrogen-bond acceptors (Lipinski definition) is 5. The van der Waals surface area contributed by atoms with E-state index in [1.54, 1.807) is 13.0 Å². The SMILES string of the molecule is C=O.Cc1cccc(S(=O)(=O)O)c1O.NC(N)=O. The highest BCUT2D eigenvalue weighted by molar-refractivity contribution is 7.86. The maximum Gasteiger partial charge on any atom is 0.309 e. The fourth-order valence-electron chi connectivity index (χ4n) is 0.840. The van der Waals surface area contributed by atoms with Crippen LogP contribution in [0.3, 0.4) is 0 Å². The molecule has 0 heterocycles. The van der Waals surface area contributed by atoms with E-state index in [2.05, 4.69) is 11.5 Å². The summed E-state index contributed by atoms with van der Waals surface area (Å²) in [5.41, 5.74) is 8.91. The van der Waals surface area contributed by atoms with E-state index in [9.17, 15) is 13.5 Å². The van der Waals surface area contributed by atoms with Crippen molar-refractivity contribution in [1.82, 2.24) is 0 Å². The lowest BCUT2D eigenvalue weighted by Crippen LogP contribution is -2.18. The van der Waals surface area contributed by atoms with Gasteiger partial charge in [-0.2, -0.15) is 8.42 Å². The zero-order chi connectivity index (χ0) is 14.9. The molecule has 0 radical (unpaired) electrons. The van der Waals surface area contributed by atoms with Crippen molar-refractivity contribution in [2.75, 3.05) is 0 Å². The highest BCUT2D eigenvalue weighted by Gasteiger charge is 2.15. The van der Waals surface area contributed by atoms with Crippen LogP contribution >= 0.6 is 0 Å². The number of aryl methyl sites for hydroxylation is 1. The number of para-hydroxylation sites is 1. The van der Waals surface area contributed by atoms with E-state index in [0.29, 0.717) is 5.56 Å². The second-order valence-electron chi connectivity index (χ2n) is 2.80. The molecule has 18 heavy (non-hydrogen) atoms. The van der Waals surface area contributed by atoms with Gasteiger partial charge in [0.15, 0.2) is 0 Å². The molecule has 0 atom stereocenters. The second kappa shape index (κ2) is 8.03. The largest absolute Gasteiger partial charge is 0.506 e. The van der Waals surface area contributed by atoms with Crippen LogP contribution in [0.2, 0.25) is 0 Å². The maximum atomic E-state index is 10.6. The quantitative estimate of drug-likeness (QED) is 0.519. The molecule has 1 rings (SSSR count). The Morgan fingerprint density at radius 3 is 1.94 bits per heavy atom. The van der Waals surface area contributed by atoms with Crippen LogP contribution in [0.25, 0.3) is 0 Å². The summed E-state index contributed by atoms with van der Waals surface area (Å²) in [7, 11) is -4.31. The number of rotatable bonds is 1. The zero-order valence-electron chi connectivity index (χ0n) is 9.53. The summed E-state index contributed by atoms with van der Waals surface area (Å²) in [6.07, 6.45) is 0. The van der Waals surface area contributed by atoms with E-state index in [4.69, 9.17) is 14.1 Å². The molecule has 1 aromatic rings. The number of carbonyl (C=O) groups is 2. The molecule has 0 aliphatic rings. The minimum absolute atomic E-state index is 0.403. The molecular formula is C9H14N2O6S. The smallest absolute Gasteiger partial charge is 0.309 e. The molecule has 0 bridgehead atoms. The Balaban J connectivity index is 0. The third kappa shape index (κ3) is 7.19. The number of amides is 2. The molecule has 0 aliphatic carbocycles. The standard InChI is InChI=1S/C7H8O4S.CH4N2O.CH2O/c1-5-3-2-4-6(7(5)8)12(9,10)11;2-1(3)4;1-2/h2-4,8H,1H3,(H,9,10,11);(H4,2,3,4);1H2. The number of hydrogen-bond donors (Lipinski definition) is 4. The lowest BCUT2D eigenvalue weighted by atomic mass is 10.2. The van der Waals surface area contributed by atoms with Crippen LogP contribution in [-0.2, 0) is 14.9 Å². The molecule has 0 saturated carbocycles. The topological polar surface area (TPSA) is 161 Å². The van der Waals surface area contributed by atoms with Gasteiger partial charge >= 0.3 is 6.03 Å².